The van der Waals surface area contributed by atoms with Crippen LogP contribution in [0.25, 0.3) is 0 Å². The van der Waals surface area contributed by atoms with Gasteiger partial charge in [-0.15, -0.1) is 0 Å². The molecule has 0 fully saturated rings. The smallest absolute Gasteiger partial charge is 0.368 e. The van der Waals surface area contributed by atoms with E-state index in [-0.39, 0.29) is 17.8 Å². The van der Waals surface area contributed by atoms with Crippen molar-refractivity contribution in [2.24, 2.45) is 11.7 Å². The van der Waals surface area contributed by atoms with Crippen LogP contribution < -0.4 is 28.3 Å². The summed E-state index contributed by atoms with van der Waals surface area (Å²) >= 11 is 0. The molecular formula is C3H11N8O4P. The molecule has 11 N–H and O–H groups in total. The molecule has 0 saturated heterocycles. The van der Waals surface area contributed by atoms with Gasteiger partial charge in [-0.1, -0.05) is 0 Å². The molecule has 0 radical (unpaired) electrons. The van der Waals surface area contributed by atoms with Gasteiger partial charge in [0.15, 0.2) is 0 Å². The molecule has 1 heterocycles. The fourth-order valence-corrected chi connectivity index (χ4v) is 0.513. The van der Waals surface area contributed by atoms with Crippen molar-refractivity contribution in [1.29, 1.82) is 0 Å². The SMILES string of the molecule is Nc1nc(N)nc(N(N)N)n1.O=P(O)(O)O. The largest absolute Gasteiger partial charge is 0.466 e. The standard InChI is InChI=1S/C3H8N8.H3O4P/c4-1-8-2(5)10-3(9-1)11(6)7;1-5(2,3)4/h6-7H2,(H4,4,5,8,9,10);(H3,1,2,3,4). The zero-order chi connectivity index (χ0) is 12.9. The molecule has 1 aromatic rings. The van der Waals surface area contributed by atoms with Crippen LogP contribution in [0.2, 0.25) is 0 Å². The first-order valence-electron chi connectivity index (χ1n) is 3.44. The number of anilines is 3. The molecule has 0 amide bonds. The normalized spacial score (nSPS) is 10.3. The van der Waals surface area contributed by atoms with Crippen LogP contribution in [0.15, 0.2) is 0 Å². The third-order valence-electron chi connectivity index (χ3n) is 0.889. The van der Waals surface area contributed by atoms with Gasteiger partial charge in [0.2, 0.25) is 11.9 Å². The summed E-state index contributed by atoms with van der Waals surface area (Å²) in [4.78, 5) is 32.2. The second kappa shape index (κ2) is 5.50. The van der Waals surface area contributed by atoms with E-state index in [4.69, 9.17) is 42.4 Å². The van der Waals surface area contributed by atoms with Crippen LogP contribution in [0.3, 0.4) is 0 Å². The molecule has 0 spiro atoms. The third-order valence-corrected chi connectivity index (χ3v) is 0.889. The van der Waals surface area contributed by atoms with Crippen molar-refractivity contribution >= 4 is 25.7 Å². The number of nitrogens with zero attached hydrogens (tertiary/aromatic N) is 4. The number of phosphoric acid groups is 1. The van der Waals surface area contributed by atoms with E-state index >= 15 is 0 Å². The molecule has 0 aliphatic heterocycles. The average molecular weight is 254 g/mol. The zero-order valence-corrected chi connectivity index (χ0v) is 8.69. The predicted molar refractivity (Wildman–Crippen MR) is 53.8 cm³/mol. The van der Waals surface area contributed by atoms with Crippen molar-refractivity contribution in [3.8, 4) is 0 Å². The van der Waals surface area contributed by atoms with Crippen molar-refractivity contribution in [3.05, 3.63) is 0 Å². The minimum absolute atomic E-state index is 0.0200. The number of hydrazine groups is 2. The van der Waals surface area contributed by atoms with Gasteiger partial charge in [0.25, 0.3) is 5.95 Å². The lowest BCUT2D eigenvalue weighted by Crippen LogP contribution is -2.39. The monoisotopic (exact) mass is 254 g/mol. The number of hydrogen-bond donors (Lipinski definition) is 7. The fourth-order valence-electron chi connectivity index (χ4n) is 0.513. The maximum Gasteiger partial charge on any atom is 0.466 e. The van der Waals surface area contributed by atoms with E-state index in [2.05, 4.69) is 15.0 Å². The van der Waals surface area contributed by atoms with Gasteiger partial charge < -0.3 is 26.1 Å². The maximum absolute atomic E-state index is 8.88. The van der Waals surface area contributed by atoms with E-state index in [0.717, 1.165) is 0 Å². The molecule has 0 aromatic carbocycles. The van der Waals surface area contributed by atoms with Gasteiger partial charge in [-0.2, -0.15) is 15.0 Å². The second-order valence-electron chi connectivity index (χ2n) is 2.27. The van der Waals surface area contributed by atoms with Crippen LogP contribution in [0.1, 0.15) is 0 Å². The Bertz CT molecular complexity index is 362. The van der Waals surface area contributed by atoms with Crippen LogP contribution in [0.5, 0.6) is 0 Å². The number of nitrogen functional groups attached to an aromatic ring is 2. The molecule has 12 nitrogen and oxygen atoms in total. The Morgan fingerprint density at radius 3 is 1.56 bits per heavy atom. The summed E-state index contributed by atoms with van der Waals surface area (Å²) in [6.07, 6.45) is 0. The molecule has 0 bridgehead atoms. The van der Waals surface area contributed by atoms with Gasteiger partial charge in [0, 0.05) is 0 Å². The lowest BCUT2D eigenvalue weighted by atomic mass is 10.8. The van der Waals surface area contributed by atoms with Crippen LogP contribution >= 0.6 is 7.82 Å². The number of rotatable bonds is 1. The zero-order valence-electron chi connectivity index (χ0n) is 7.80. The first-order chi connectivity index (χ1) is 7.09. The molecule has 16 heavy (non-hydrogen) atoms. The lowest BCUT2D eigenvalue weighted by molar-refractivity contribution is 0.275. The molecule has 13 heteroatoms. The van der Waals surface area contributed by atoms with Crippen LogP contribution in [-0.2, 0) is 4.57 Å². The molecule has 0 aliphatic rings. The lowest BCUT2D eigenvalue weighted by Gasteiger charge is -2.08. The Hall–Kier alpha value is -1.56. The summed E-state index contributed by atoms with van der Waals surface area (Å²) in [6, 6.07) is 0. The first-order valence-corrected chi connectivity index (χ1v) is 5.01. The molecule has 0 saturated carbocycles. The Labute approximate surface area is 89.1 Å². The molecule has 0 aliphatic carbocycles. The highest BCUT2D eigenvalue weighted by atomic mass is 31.2. The van der Waals surface area contributed by atoms with Crippen molar-refractivity contribution in [1.82, 2.24) is 15.0 Å². The molecule has 0 atom stereocenters. The third kappa shape index (κ3) is 7.81. The predicted octanol–water partition coefficient (Wildman–Crippen LogP) is -3.34. The van der Waals surface area contributed by atoms with Crippen molar-refractivity contribution in [3.63, 3.8) is 0 Å². The first kappa shape index (κ1) is 14.4. The summed E-state index contributed by atoms with van der Waals surface area (Å²) < 4.78 is 8.88. The van der Waals surface area contributed by atoms with Crippen LogP contribution in [0, 0.1) is 0 Å². The topological polar surface area (TPSA) is 224 Å². The number of aromatic nitrogens is 3. The highest BCUT2D eigenvalue weighted by molar-refractivity contribution is 7.45. The van der Waals surface area contributed by atoms with E-state index in [1.807, 2.05) is 0 Å². The fraction of sp³-hybridized carbons (Fsp3) is 0. The van der Waals surface area contributed by atoms with Gasteiger partial charge in [-0.25, -0.2) is 21.4 Å². The Morgan fingerprint density at radius 1 is 1.00 bits per heavy atom. The van der Waals surface area contributed by atoms with E-state index in [0.29, 0.717) is 5.12 Å². The van der Waals surface area contributed by atoms with Crippen LogP contribution in [-0.4, -0.2) is 29.6 Å². The van der Waals surface area contributed by atoms with Gasteiger partial charge in [-0.3, -0.25) is 0 Å². The van der Waals surface area contributed by atoms with Crippen molar-refractivity contribution in [2.75, 3.05) is 16.6 Å². The molecule has 1 rings (SSSR count). The molecule has 1 aromatic heterocycles. The molecular weight excluding hydrogens is 243 g/mol. The maximum atomic E-state index is 8.88. The Balaban J connectivity index is 0.000000385. The van der Waals surface area contributed by atoms with Crippen molar-refractivity contribution < 1.29 is 19.2 Å². The summed E-state index contributed by atoms with van der Waals surface area (Å²) in [6.45, 7) is 0. The van der Waals surface area contributed by atoms with Crippen LogP contribution in [0.4, 0.5) is 17.8 Å². The Morgan fingerprint density at radius 2 is 1.31 bits per heavy atom. The number of hydrogen-bond acceptors (Lipinski definition) is 9. The van der Waals surface area contributed by atoms with E-state index in [1.54, 1.807) is 0 Å². The highest BCUT2D eigenvalue weighted by Crippen LogP contribution is 2.25. The van der Waals surface area contributed by atoms with Crippen molar-refractivity contribution in [2.45, 2.75) is 0 Å². The number of nitrogens with two attached hydrogens (primary N) is 4. The minimum Gasteiger partial charge on any atom is -0.368 e. The minimum atomic E-state index is -4.64. The second-order valence-corrected chi connectivity index (χ2v) is 3.30. The summed E-state index contributed by atoms with van der Waals surface area (Å²) in [7, 11) is -4.64. The van der Waals surface area contributed by atoms with E-state index in [1.165, 1.54) is 0 Å². The Kier molecular flexibility index (Phi) is 4.97. The molecule has 92 valence electrons. The van der Waals surface area contributed by atoms with Gasteiger partial charge in [0.1, 0.15) is 0 Å². The average Bonchev–Trinajstić information content (AvgIpc) is 1.98. The van der Waals surface area contributed by atoms with E-state index < -0.39 is 7.82 Å². The van der Waals surface area contributed by atoms with Gasteiger partial charge in [0.05, 0.1) is 0 Å². The molecule has 0 unspecified atom stereocenters. The summed E-state index contributed by atoms with van der Waals surface area (Å²) in [5.74, 6) is 10.2. The van der Waals surface area contributed by atoms with Gasteiger partial charge >= 0.3 is 7.82 Å². The quantitative estimate of drug-likeness (QED) is 0.148. The van der Waals surface area contributed by atoms with E-state index in [9.17, 15) is 0 Å². The summed E-state index contributed by atoms with van der Waals surface area (Å²) in [5.41, 5.74) is 10.4. The summed E-state index contributed by atoms with van der Waals surface area (Å²) in [5, 5.41) is 0.703. The highest BCUT2D eigenvalue weighted by Gasteiger charge is 2.03. The van der Waals surface area contributed by atoms with Gasteiger partial charge in [-0.05, 0) is 0 Å².